The summed E-state index contributed by atoms with van der Waals surface area (Å²) >= 11 is 3.54. The second kappa shape index (κ2) is 10.2. The van der Waals surface area contributed by atoms with Gasteiger partial charge in [-0.2, -0.15) is 0 Å². The number of carbonyl (C=O) groups excluding carboxylic acids is 1. The van der Waals surface area contributed by atoms with Crippen molar-refractivity contribution in [2.75, 3.05) is 36.5 Å². The van der Waals surface area contributed by atoms with Crippen molar-refractivity contribution < 1.29 is 14.3 Å². The summed E-state index contributed by atoms with van der Waals surface area (Å²) < 4.78 is 12.6. The molecule has 1 atom stereocenters. The minimum absolute atomic E-state index is 0.0266. The van der Waals surface area contributed by atoms with E-state index in [0.29, 0.717) is 30.5 Å². The van der Waals surface area contributed by atoms with Gasteiger partial charge in [-0.05, 0) is 45.4 Å². The highest BCUT2D eigenvalue weighted by Crippen LogP contribution is 2.32. The van der Waals surface area contributed by atoms with Crippen LogP contribution in [0.4, 0.5) is 16.3 Å². The molecule has 162 valence electrons. The van der Waals surface area contributed by atoms with Gasteiger partial charge in [-0.25, -0.2) is 9.78 Å². The molecule has 2 aromatic rings. The van der Waals surface area contributed by atoms with Gasteiger partial charge in [0, 0.05) is 23.6 Å². The molecule has 0 saturated carbocycles. The van der Waals surface area contributed by atoms with Crippen LogP contribution in [0.25, 0.3) is 0 Å². The van der Waals surface area contributed by atoms with Crippen LogP contribution in [-0.4, -0.2) is 54.4 Å². The van der Waals surface area contributed by atoms with E-state index >= 15 is 0 Å². The molecule has 2 heterocycles. The van der Waals surface area contributed by atoms with Gasteiger partial charge < -0.3 is 20.1 Å². The Hall–Kier alpha value is -2.23. The third-order valence-corrected chi connectivity index (χ3v) is 5.54. The Labute approximate surface area is 185 Å². The Bertz CT molecular complexity index is 870. The van der Waals surface area contributed by atoms with Crippen LogP contribution in [0.2, 0.25) is 0 Å². The second-order valence-corrected chi connectivity index (χ2v) is 8.37. The number of hydrogen-bond acceptors (Lipinski definition) is 6. The fourth-order valence-electron chi connectivity index (χ4n) is 3.07. The fraction of sp³-hybridized carbons (Fsp3) is 0.476. The van der Waals surface area contributed by atoms with E-state index in [1.165, 1.54) is 0 Å². The van der Waals surface area contributed by atoms with Gasteiger partial charge in [-0.3, -0.25) is 9.88 Å². The molecule has 0 aliphatic carbocycles. The van der Waals surface area contributed by atoms with Crippen LogP contribution < -0.4 is 20.3 Å². The summed E-state index contributed by atoms with van der Waals surface area (Å²) in [5, 5.41) is 6.25. The zero-order valence-electron chi connectivity index (χ0n) is 17.7. The first-order valence-electron chi connectivity index (χ1n) is 9.99. The van der Waals surface area contributed by atoms with Crippen LogP contribution in [0.15, 0.2) is 29.0 Å². The fourth-order valence-corrected chi connectivity index (χ4v) is 3.41. The van der Waals surface area contributed by atoms with E-state index in [4.69, 9.17) is 9.47 Å². The summed E-state index contributed by atoms with van der Waals surface area (Å²) in [6, 6.07) is 3.34. The number of nitrogens with zero attached hydrogens (tertiary/aromatic N) is 3. The average molecular weight is 478 g/mol. The minimum Gasteiger partial charge on any atom is -0.489 e. The molecule has 1 aliphatic rings. The van der Waals surface area contributed by atoms with Crippen molar-refractivity contribution in [3.05, 3.63) is 40.3 Å². The van der Waals surface area contributed by atoms with Crippen molar-refractivity contribution in [3.63, 3.8) is 0 Å². The number of benzene rings is 1. The van der Waals surface area contributed by atoms with Gasteiger partial charge in [-0.15, -0.1) is 0 Å². The standard InChI is InChI=1S/C21H28BrN5O3/c1-13(2)27(20-11-24-15(4)9-25-20)21(28)26-18-8-17(22)14(3)7-19(18)30-12-16-10-23-5-6-29-16/h7-9,11,13,16,23H,5-6,10,12H2,1-4H3,(H,26,28). The number of ether oxygens (including phenoxy) is 2. The van der Waals surface area contributed by atoms with Crippen molar-refractivity contribution in [2.45, 2.75) is 39.8 Å². The molecule has 8 nitrogen and oxygen atoms in total. The Morgan fingerprint density at radius 2 is 2.17 bits per heavy atom. The van der Waals surface area contributed by atoms with Gasteiger partial charge in [0.2, 0.25) is 0 Å². The molecule has 2 N–H and O–H groups in total. The van der Waals surface area contributed by atoms with E-state index in [-0.39, 0.29) is 18.2 Å². The molecule has 2 amide bonds. The molecule has 0 bridgehead atoms. The number of halogens is 1. The van der Waals surface area contributed by atoms with Crippen LogP contribution >= 0.6 is 15.9 Å². The van der Waals surface area contributed by atoms with Gasteiger partial charge in [0.1, 0.15) is 18.5 Å². The highest BCUT2D eigenvalue weighted by molar-refractivity contribution is 9.10. The molecule has 1 unspecified atom stereocenters. The van der Waals surface area contributed by atoms with Gasteiger partial charge in [-0.1, -0.05) is 15.9 Å². The first kappa shape index (κ1) is 22.5. The number of anilines is 2. The second-order valence-electron chi connectivity index (χ2n) is 7.52. The third kappa shape index (κ3) is 5.68. The maximum atomic E-state index is 13.1. The molecule has 3 rings (SSSR count). The molecule has 0 radical (unpaired) electrons. The number of urea groups is 1. The number of nitrogens with one attached hydrogen (secondary N) is 2. The van der Waals surface area contributed by atoms with Crippen LogP contribution in [0.1, 0.15) is 25.1 Å². The summed E-state index contributed by atoms with van der Waals surface area (Å²) in [5.74, 6) is 1.08. The molecule has 1 aliphatic heterocycles. The van der Waals surface area contributed by atoms with E-state index in [1.807, 2.05) is 39.8 Å². The lowest BCUT2D eigenvalue weighted by Crippen LogP contribution is -2.42. The van der Waals surface area contributed by atoms with E-state index in [0.717, 1.165) is 28.8 Å². The zero-order valence-corrected chi connectivity index (χ0v) is 19.3. The lowest BCUT2D eigenvalue weighted by atomic mass is 10.2. The summed E-state index contributed by atoms with van der Waals surface area (Å²) in [7, 11) is 0. The molecular formula is C21H28BrN5O3. The van der Waals surface area contributed by atoms with Crippen LogP contribution in [0.5, 0.6) is 5.75 Å². The third-order valence-electron chi connectivity index (χ3n) is 4.68. The van der Waals surface area contributed by atoms with E-state index < -0.39 is 0 Å². The monoisotopic (exact) mass is 477 g/mol. The summed E-state index contributed by atoms with van der Waals surface area (Å²) in [4.78, 5) is 23.3. The molecule has 1 aromatic heterocycles. The van der Waals surface area contributed by atoms with Gasteiger partial charge in [0.25, 0.3) is 0 Å². The van der Waals surface area contributed by atoms with Crippen molar-refractivity contribution in [2.24, 2.45) is 0 Å². The SMILES string of the molecule is Cc1cnc(N(C(=O)Nc2cc(Br)c(C)cc2OCC2CNCCO2)C(C)C)cn1. The highest BCUT2D eigenvalue weighted by atomic mass is 79.9. The van der Waals surface area contributed by atoms with E-state index in [9.17, 15) is 4.79 Å². The van der Waals surface area contributed by atoms with Crippen LogP contribution in [0.3, 0.4) is 0 Å². The molecule has 30 heavy (non-hydrogen) atoms. The Morgan fingerprint density at radius 3 is 2.80 bits per heavy atom. The van der Waals surface area contributed by atoms with E-state index in [2.05, 4.69) is 36.5 Å². The lowest BCUT2D eigenvalue weighted by Gasteiger charge is -2.27. The van der Waals surface area contributed by atoms with E-state index in [1.54, 1.807) is 17.3 Å². The smallest absolute Gasteiger partial charge is 0.327 e. The van der Waals surface area contributed by atoms with Crippen molar-refractivity contribution in [1.82, 2.24) is 15.3 Å². The number of morpholine rings is 1. The average Bonchev–Trinajstić information content (AvgIpc) is 2.71. The number of rotatable bonds is 6. The maximum Gasteiger partial charge on any atom is 0.327 e. The minimum atomic E-state index is -0.306. The number of hydrogen-bond donors (Lipinski definition) is 2. The van der Waals surface area contributed by atoms with Gasteiger partial charge in [0.15, 0.2) is 5.82 Å². The summed E-state index contributed by atoms with van der Waals surface area (Å²) in [6.07, 6.45) is 3.22. The number of aromatic nitrogens is 2. The molecule has 9 heteroatoms. The lowest BCUT2D eigenvalue weighted by molar-refractivity contribution is 0.000337. The van der Waals surface area contributed by atoms with Gasteiger partial charge in [0.05, 0.1) is 30.4 Å². The topological polar surface area (TPSA) is 88.6 Å². The number of carbonyl (C=O) groups is 1. The first-order chi connectivity index (χ1) is 14.3. The van der Waals surface area contributed by atoms with Crippen LogP contribution in [0, 0.1) is 13.8 Å². The highest BCUT2D eigenvalue weighted by Gasteiger charge is 2.23. The predicted octanol–water partition coefficient (Wildman–Crippen LogP) is 3.67. The Morgan fingerprint density at radius 1 is 1.37 bits per heavy atom. The van der Waals surface area contributed by atoms with Crippen molar-refractivity contribution in [3.8, 4) is 5.75 Å². The number of aryl methyl sites for hydroxylation is 2. The maximum absolute atomic E-state index is 13.1. The quantitative estimate of drug-likeness (QED) is 0.659. The van der Waals surface area contributed by atoms with Gasteiger partial charge >= 0.3 is 6.03 Å². The Balaban J connectivity index is 1.79. The summed E-state index contributed by atoms with van der Waals surface area (Å²) in [5.41, 5.74) is 2.38. The molecule has 1 saturated heterocycles. The normalized spacial score (nSPS) is 16.4. The molecule has 1 aromatic carbocycles. The largest absolute Gasteiger partial charge is 0.489 e. The predicted molar refractivity (Wildman–Crippen MR) is 120 cm³/mol. The van der Waals surface area contributed by atoms with Crippen molar-refractivity contribution >= 4 is 33.5 Å². The molecular weight excluding hydrogens is 450 g/mol. The summed E-state index contributed by atoms with van der Waals surface area (Å²) in [6.45, 7) is 10.3. The first-order valence-corrected chi connectivity index (χ1v) is 10.8. The Kier molecular flexibility index (Phi) is 7.63. The number of amides is 2. The van der Waals surface area contributed by atoms with Crippen LogP contribution in [-0.2, 0) is 4.74 Å². The molecule has 1 fully saturated rings. The molecule has 0 spiro atoms. The zero-order chi connectivity index (χ0) is 21.7. The van der Waals surface area contributed by atoms with Crippen molar-refractivity contribution in [1.29, 1.82) is 0 Å².